The van der Waals surface area contributed by atoms with E-state index in [1.165, 1.54) is 11.3 Å². The van der Waals surface area contributed by atoms with Crippen LogP contribution in [0.4, 0.5) is 5.69 Å². The Kier molecular flexibility index (Phi) is 4.17. The quantitative estimate of drug-likeness (QED) is 0.787. The lowest BCUT2D eigenvalue weighted by atomic mass is 10.2. The minimum Gasteiger partial charge on any atom is -0.304 e. The number of hydrazine groups is 1. The fourth-order valence-corrected chi connectivity index (χ4v) is 1.80. The summed E-state index contributed by atoms with van der Waals surface area (Å²) in [6.45, 7) is 3.90. The maximum atomic E-state index is 3.38. The molecule has 2 rings (SSSR count). The van der Waals surface area contributed by atoms with Gasteiger partial charge in [-0.2, -0.15) is 0 Å². The Bertz CT molecular complexity index is 425. The van der Waals surface area contributed by atoms with Gasteiger partial charge in [0.1, 0.15) is 0 Å². The zero-order chi connectivity index (χ0) is 11.9. The molecule has 0 aliphatic heterocycles. The predicted molar refractivity (Wildman–Crippen MR) is 72.7 cm³/mol. The van der Waals surface area contributed by atoms with Gasteiger partial charge < -0.3 is 5.01 Å². The van der Waals surface area contributed by atoms with Crippen molar-refractivity contribution in [1.82, 2.24) is 5.43 Å². The van der Waals surface area contributed by atoms with Gasteiger partial charge in [-0.15, -0.1) is 0 Å². The second-order valence-corrected chi connectivity index (χ2v) is 3.92. The van der Waals surface area contributed by atoms with Gasteiger partial charge in [0.05, 0.1) is 12.2 Å². The first kappa shape index (κ1) is 11.7. The maximum Gasteiger partial charge on any atom is 0.0595 e. The van der Waals surface area contributed by atoms with Crippen molar-refractivity contribution in [3.05, 3.63) is 66.2 Å². The Morgan fingerprint density at radius 2 is 1.47 bits per heavy atom. The van der Waals surface area contributed by atoms with E-state index in [1.807, 2.05) is 12.1 Å². The second-order valence-electron chi connectivity index (χ2n) is 3.92. The van der Waals surface area contributed by atoms with Crippen molar-refractivity contribution in [3.63, 3.8) is 0 Å². The summed E-state index contributed by atoms with van der Waals surface area (Å²) >= 11 is 0. The van der Waals surface area contributed by atoms with Crippen LogP contribution in [0.15, 0.2) is 60.7 Å². The van der Waals surface area contributed by atoms with E-state index in [9.17, 15) is 0 Å². The smallest absolute Gasteiger partial charge is 0.0595 e. The lowest BCUT2D eigenvalue weighted by Gasteiger charge is -2.25. The molecule has 2 heteroatoms. The van der Waals surface area contributed by atoms with Gasteiger partial charge in [-0.25, -0.2) is 5.43 Å². The van der Waals surface area contributed by atoms with E-state index in [0.29, 0.717) is 0 Å². The number of nitrogens with one attached hydrogen (secondary N) is 1. The molecule has 2 aromatic rings. The maximum absolute atomic E-state index is 3.38. The van der Waals surface area contributed by atoms with Crippen LogP contribution in [0.25, 0.3) is 0 Å². The van der Waals surface area contributed by atoms with Crippen LogP contribution < -0.4 is 10.4 Å². The zero-order valence-electron chi connectivity index (χ0n) is 10.1. The molecule has 17 heavy (non-hydrogen) atoms. The van der Waals surface area contributed by atoms with Crippen LogP contribution in [-0.2, 0) is 6.54 Å². The van der Waals surface area contributed by atoms with Crippen molar-refractivity contribution in [2.75, 3.05) is 11.6 Å². The fourth-order valence-electron chi connectivity index (χ4n) is 1.80. The summed E-state index contributed by atoms with van der Waals surface area (Å²) in [5.41, 5.74) is 5.88. The van der Waals surface area contributed by atoms with Crippen molar-refractivity contribution >= 4 is 5.69 Å². The SMILES string of the molecule is CCNN(Cc1ccccc1)c1ccccc1. The van der Waals surface area contributed by atoms with Gasteiger partial charge in [-0.3, -0.25) is 0 Å². The lowest BCUT2D eigenvalue weighted by molar-refractivity contribution is 0.644. The van der Waals surface area contributed by atoms with Gasteiger partial charge in [0.15, 0.2) is 0 Å². The van der Waals surface area contributed by atoms with E-state index in [0.717, 1.165) is 13.1 Å². The first-order chi connectivity index (χ1) is 8.40. The predicted octanol–water partition coefficient (Wildman–Crippen LogP) is 3.22. The van der Waals surface area contributed by atoms with Gasteiger partial charge in [-0.05, 0) is 17.7 Å². The molecule has 0 aliphatic rings. The van der Waals surface area contributed by atoms with E-state index in [4.69, 9.17) is 0 Å². The number of benzene rings is 2. The molecule has 0 unspecified atom stereocenters. The van der Waals surface area contributed by atoms with Crippen LogP contribution in [0, 0.1) is 0 Å². The number of para-hydroxylation sites is 1. The third-order valence-electron chi connectivity index (χ3n) is 2.60. The molecule has 2 nitrogen and oxygen atoms in total. The summed E-state index contributed by atoms with van der Waals surface area (Å²) in [7, 11) is 0. The third kappa shape index (κ3) is 3.33. The third-order valence-corrected chi connectivity index (χ3v) is 2.60. The van der Waals surface area contributed by atoms with Crippen molar-refractivity contribution < 1.29 is 0 Å². The molecular weight excluding hydrogens is 208 g/mol. The summed E-state index contributed by atoms with van der Waals surface area (Å²) in [6.07, 6.45) is 0. The largest absolute Gasteiger partial charge is 0.304 e. The van der Waals surface area contributed by atoms with Gasteiger partial charge in [0, 0.05) is 6.54 Å². The molecule has 0 saturated heterocycles. The number of anilines is 1. The van der Waals surface area contributed by atoms with Crippen LogP contribution in [0.5, 0.6) is 0 Å². The molecule has 0 bridgehead atoms. The molecule has 1 N–H and O–H groups in total. The average molecular weight is 226 g/mol. The van der Waals surface area contributed by atoms with E-state index in [-0.39, 0.29) is 0 Å². The van der Waals surface area contributed by atoms with Crippen molar-refractivity contribution in [3.8, 4) is 0 Å². The summed E-state index contributed by atoms with van der Waals surface area (Å²) in [4.78, 5) is 0. The molecule has 0 aromatic heterocycles. The van der Waals surface area contributed by atoms with Crippen molar-refractivity contribution in [2.24, 2.45) is 0 Å². The molecule has 0 radical (unpaired) electrons. The van der Waals surface area contributed by atoms with E-state index < -0.39 is 0 Å². The van der Waals surface area contributed by atoms with E-state index >= 15 is 0 Å². The van der Waals surface area contributed by atoms with Crippen molar-refractivity contribution in [1.29, 1.82) is 0 Å². The normalized spacial score (nSPS) is 10.2. The lowest BCUT2D eigenvalue weighted by Crippen LogP contribution is -2.37. The molecule has 0 atom stereocenters. The van der Waals surface area contributed by atoms with Crippen molar-refractivity contribution in [2.45, 2.75) is 13.5 Å². The van der Waals surface area contributed by atoms with E-state index in [2.05, 4.69) is 65.9 Å². The van der Waals surface area contributed by atoms with Crippen LogP contribution in [-0.4, -0.2) is 6.54 Å². The topological polar surface area (TPSA) is 15.3 Å². The Morgan fingerprint density at radius 1 is 0.882 bits per heavy atom. The van der Waals surface area contributed by atoms with Crippen LogP contribution in [0.1, 0.15) is 12.5 Å². The molecule has 0 amide bonds. The number of rotatable bonds is 5. The summed E-state index contributed by atoms with van der Waals surface area (Å²) in [5.74, 6) is 0. The highest BCUT2D eigenvalue weighted by atomic mass is 15.5. The van der Waals surface area contributed by atoms with Crippen LogP contribution in [0.2, 0.25) is 0 Å². The first-order valence-corrected chi connectivity index (χ1v) is 6.00. The van der Waals surface area contributed by atoms with Gasteiger partial charge >= 0.3 is 0 Å². The number of hydrogen-bond acceptors (Lipinski definition) is 2. The highest BCUT2D eigenvalue weighted by Gasteiger charge is 2.04. The average Bonchev–Trinajstić information content (AvgIpc) is 2.40. The minimum absolute atomic E-state index is 0.874. The Morgan fingerprint density at radius 3 is 2.06 bits per heavy atom. The molecule has 0 aliphatic carbocycles. The van der Waals surface area contributed by atoms with E-state index in [1.54, 1.807) is 0 Å². The Hall–Kier alpha value is -1.80. The minimum atomic E-state index is 0.874. The number of nitrogens with zero attached hydrogens (tertiary/aromatic N) is 1. The van der Waals surface area contributed by atoms with Crippen LogP contribution >= 0.6 is 0 Å². The Labute approximate surface area is 103 Å². The fraction of sp³-hybridized carbons (Fsp3) is 0.200. The van der Waals surface area contributed by atoms with Gasteiger partial charge in [0.2, 0.25) is 0 Å². The molecule has 0 spiro atoms. The van der Waals surface area contributed by atoms with Gasteiger partial charge in [-0.1, -0.05) is 55.5 Å². The molecule has 0 fully saturated rings. The highest BCUT2D eigenvalue weighted by molar-refractivity contribution is 5.45. The molecule has 88 valence electrons. The molecular formula is C15H18N2. The molecule has 0 heterocycles. The second kappa shape index (κ2) is 6.06. The monoisotopic (exact) mass is 226 g/mol. The summed E-state index contributed by atoms with van der Waals surface area (Å²) in [6, 6.07) is 20.9. The van der Waals surface area contributed by atoms with Crippen LogP contribution in [0.3, 0.4) is 0 Å². The number of hydrogen-bond donors (Lipinski definition) is 1. The Balaban J connectivity index is 2.13. The molecule has 0 saturated carbocycles. The molecule has 2 aromatic carbocycles. The summed E-state index contributed by atoms with van der Waals surface area (Å²) < 4.78 is 0. The van der Waals surface area contributed by atoms with Gasteiger partial charge in [0.25, 0.3) is 0 Å². The standard InChI is InChI=1S/C15H18N2/c1-2-16-17(15-11-7-4-8-12-15)13-14-9-5-3-6-10-14/h3-12,16H,2,13H2,1H3. The first-order valence-electron chi connectivity index (χ1n) is 6.00. The summed E-state index contributed by atoms with van der Waals surface area (Å²) in [5, 5.41) is 2.18. The highest BCUT2D eigenvalue weighted by Crippen LogP contribution is 2.14. The zero-order valence-corrected chi connectivity index (χ0v) is 10.1.